The number of ether oxygens (including phenoxy) is 2. The van der Waals surface area contributed by atoms with Gasteiger partial charge in [-0.2, -0.15) is 9.97 Å². The number of nitrogens with zero attached hydrogens (tertiary/aromatic N) is 3. The summed E-state index contributed by atoms with van der Waals surface area (Å²) in [5.74, 6) is -0.0422. The van der Waals surface area contributed by atoms with Gasteiger partial charge in [-0.15, -0.1) is 5.06 Å². The molecule has 7 nitrogen and oxygen atoms in total. The van der Waals surface area contributed by atoms with E-state index in [1.54, 1.807) is 11.1 Å². The van der Waals surface area contributed by atoms with Gasteiger partial charge in [0.1, 0.15) is 5.03 Å². The fourth-order valence-electron chi connectivity index (χ4n) is 2.95. The lowest BCUT2D eigenvalue weighted by atomic mass is 10.00. The molecule has 0 radical (unpaired) electrons. The third-order valence-corrected chi connectivity index (χ3v) is 5.48. The Hall–Kier alpha value is -3.10. The Morgan fingerprint density at radius 1 is 0.968 bits per heavy atom. The standard InChI is InChI=1S/C23H25N3O4S/c1-5-26(6-2)30-22(27)21-17(16-11-8-7-9-12-16)13-10-14-18(21)31-20-15-19(28-3)24-23(25-20)29-4/h7-15H,5-6H2,1-4H3. The van der Waals surface area contributed by atoms with E-state index in [2.05, 4.69) is 9.97 Å². The topological polar surface area (TPSA) is 73.8 Å². The Morgan fingerprint density at radius 3 is 2.35 bits per heavy atom. The summed E-state index contributed by atoms with van der Waals surface area (Å²) in [6, 6.07) is 17.3. The van der Waals surface area contributed by atoms with Gasteiger partial charge in [-0.25, -0.2) is 4.79 Å². The van der Waals surface area contributed by atoms with Crippen LogP contribution in [-0.4, -0.2) is 48.3 Å². The molecule has 0 saturated heterocycles. The molecule has 0 bridgehead atoms. The van der Waals surface area contributed by atoms with E-state index < -0.39 is 5.97 Å². The number of aromatic nitrogens is 2. The van der Waals surface area contributed by atoms with E-state index in [0.29, 0.717) is 34.5 Å². The van der Waals surface area contributed by atoms with E-state index >= 15 is 0 Å². The quantitative estimate of drug-likeness (QED) is 0.350. The van der Waals surface area contributed by atoms with E-state index in [1.807, 2.05) is 62.4 Å². The van der Waals surface area contributed by atoms with Crippen molar-refractivity contribution in [2.75, 3.05) is 27.3 Å². The molecule has 0 amide bonds. The second-order valence-electron chi connectivity index (χ2n) is 6.38. The summed E-state index contributed by atoms with van der Waals surface area (Å²) in [6.45, 7) is 5.07. The smallest absolute Gasteiger partial charge is 0.358 e. The van der Waals surface area contributed by atoms with Crippen LogP contribution in [0.15, 0.2) is 64.5 Å². The molecular weight excluding hydrogens is 414 g/mol. The molecule has 0 N–H and O–H groups in total. The van der Waals surface area contributed by atoms with Crippen molar-refractivity contribution < 1.29 is 19.1 Å². The molecule has 1 aromatic heterocycles. The van der Waals surface area contributed by atoms with Crippen molar-refractivity contribution >= 4 is 17.7 Å². The lowest BCUT2D eigenvalue weighted by Crippen LogP contribution is -2.27. The van der Waals surface area contributed by atoms with Crippen LogP contribution >= 0.6 is 11.8 Å². The lowest BCUT2D eigenvalue weighted by molar-refractivity contribution is -0.103. The van der Waals surface area contributed by atoms with Crippen LogP contribution in [0.3, 0.4) is 0 Å². The summed E-state index contributed by atoms with van der Waals surface area (Å²) in [5.41, 5.74) is 2.19. The van der Waals surface area contributed by atoms with Crippen LogP contribution < -0.4 is 9.47 Å². The van der Waals surface area contributed by atoms with Crippen LogP contribution in [0.5, 0.6) is 11.9 Å². The van der Waals surface area contributed by atoms with Crippen molar-refractivity contribution in [3.8, 4) is 23.0 Å². The van der Waals surface area contributed by atoms with Gasteiger partial charge in [-0.1, -0.05) is 54.2 Å². The molecule has 0 aliphatic carbocycles. The third kappa shape index (κ3) is 5.53. The SMILES string of the molecule is CCN(CC)OC(=O)c1c(Sc2cc(OC)nc(OC)n2)cccc1-c1ccccc1. The maximum Gasteiger partial charge on any atom is 0.358 e. The van der Waals surface area contributed by atoms with Crippen molar-refractivity contribution in [2.24, 2.45) is 0 Å². The van der Waals surface area contributed by atoms with Gasteiger partial charge in [0.05, 0.1) is 19.8 Å². The molecule has 0 aliphatic rings. The Morgan fingerprint density at radius 2 is 1.71 bits per heavy atom. The molecule has 8 heteroatoms. The fourth-order valence-corrected chi connectivity index (χ4v) is 3.90. The molecule has 0 saturated carbocycles. The molecule has 0 atom stereocenters. The van der Waals surface area contributed by atoms with Gasteiger partial charge in [0.2, 0.25) is 5.88 Å². The van der Waals surface area contributed by atoms with Gasteiger partial charge < -0.3 is 14.3 Å². The Labute approximate surface area is 186 Å². The van der Waals surface area contributed by atoms with Crippen LogP contribution in [0.25, 0.3) is 11.1 Å². The van der Waals surface area contributed by atoms with Crippen LogP contribution in [0.2, 0.25) is 0 Å². The van der Waals surface area contributed by atoms with E-state index in [-0.39, 0.29) is 6.01 Å². The van der Waals surface area contributed by atoms with Gasteiger partial charge in [-0.3, -0.25) is 0 Å². The highest BCUT2D eigenvalue weighted by atomic mass is 32.2. The molecule has 31 heavy (non-hydrogen) atoms. The number of benzene rings is 2. The summed E-state index contributed by atoms with van der Waals surface area (Å²) < 4.78 is 10.4. The van der Waals surface area contributed by atoms with Crippen molar-refractivity contribution in [1.29, 1.82) is 0 Å². The Kier molecular flexibility index (Phi) is 7.86. The van der Waals surface area contributed by atoms with Crippen LogP contribution in [0, 0.1) is 0 Å². The minimum absolute atomic E-state index is 0.188. The van der Waals surface area contributed by atoms with Gasteiger partial charge in [0.25, 0.3) is 0 Å². The number of hydroxylamine groups is 2. The number of hydrogen-bond acceptors (Lipinski definition) is 8. The monoisotopic (exact) mass is 439 g/mol. The number of hydrogen-bond donors (Lipinski definition) is 0. The first-order valence-corrected chi connectivity index (χ1v) is 10.7. The Balaban J connectivity index is 2.09. The number of carbonyl (C=O) groups excluding carboxylic acids is 1. The predicted octanol–water partition coefficient (Wildman–Crippen LogP) is 4.73. The van der Waals surface area contributed by atoms with Gasteiger partial charge in [0, 0.05) is 24.1 Å². The fraction of sp³-hybridized carbons (Fsp3) is 0.261. The maximum atomic E-state index is 13.3. The summed E-state index contributed by atoms with van der Waals surface area (Å²) in [5, 5.41) is 2.21. The minimum Gasteiger partial charge on any atom is -0.481 e. The zero-order valence-corrected chi connectivity index (χ0v) is 18.8. The summed E-state index contributed by atoms with van der Waals surface area (Å²) in [4.78, 5) is 28.1. The molecule has 1 heterocycles. The largest absolute Gasteiger partial charge is 0.481 e. The average molecular weight is 440 g/mol. The molecule has 3 rings (SSSR count). The van der Waals surface area contributed by atoms with E-state index in [1.165, 1.54) is 26.0 Å². The number of rotatable bonds is 9. The zero-order chi connectivity index (χ0) is 22.2. The normalized spacial score (nSPS) is 10.7. The summed E-state index contributed by atoms with van der Waals surface area (Å²) in [6.07, 6.45) is 0. The molecule has 0 unspecified atom stereocenters. The first kappa shape index (κ1) is 22.6. The first-order chi connectivity index (χ1) is 15.1. The van der Waals surface area contributed by atoms with Gasteiger partial charge >= 0.3 is 12.0 Å². The molecule has 2 aromatic carbocycles. The van der Waals surface area contributed by atoms with Crippen LogP contribution in [0.4, 0.5) is 0 Å². The van der Waals surface area contributed by atoms with E-state index in [9.17, 15) is 4.79 Å². The van der Waals surface area contributed by atoms with Crippen LogP contribution in [0.1, 0.15) is 24.2 Å². The highest BCUT2D eigenvalue weighted by Gasteiger charge is 2.22. The second-order valence-corrected chi connectivity index (χ2v) is 7.44. The lowest BCUT2D eigenvalue weighted by Gasteiger charge is -2.20. The van der Waals surface area contributed by atoms with Crippen molar-refractivity contribution in [2.45, 2.75) is 23.8 Å². The van der Waals surface area contributed by atoms with E-state index in [4.69, 9.17) is 14.3 Å². The van der Waals surface area contributed by atoms with E-state index in [0.717, 1.165) is 11.1 Å². The molecule has 162 valence electrons. The average Bonchev–Trinajstić information content (AvgIpc) is 2.82. The molecule has 0 spiro atoms. The predicted molar refractivity (Wildman–Crippen MR) is 119 cm³/mol. The van der Waals surface area contributed by atoms with Gasteiger partial charge in [-0.05, 0) is 31.0 Å². The molecule has 3 aromatic rings. The second kappa shape index (κ2) is 10.8. The first-order valence-electron chi connectivity index (χ1n) is 9.90. The highest BCUT2D eigenvalue weighted by molar-refractivity contribution is 7.99. The maximum absolute atomic E-state index is 13.3. The molecular formula is C23H25N3O4S. The number of carbonyl (C=O) groups is 1. The summed E-state index contributed by atoms with van der Waals surface area (Å²) in [7, 11) is 3.02. The molecule has 0 fully saturated rings. The third-order valence-electron chi connectivity index (χ3n) is 4.50. The summed E-state index contributed by atoms with van der Waals surface area (Å²) >= 11 is 1.32. The Bertz CT molecular complexity index is 1000. The zero-order valence-electron chi connectivity index (χ0n) is 18.0. The highest BCUT2D eigenvalue weighted by Crippen LogP contribution is 2.37. The number of methoxy groups -OCH3 is 2. The van der Waals surface area contributed by atoms with Gasteiger partial charge in [0.15, 0.2) is 0 Å². The van der Waals surface area contributed by atoms with Crippen molar-refractivity contribution in [3.63, 3.8) is 0 Å². The van der Waals surface area contributed by atoms with Crippen LogP contribution in [-0.2, 0) is 4.84 Å². The minimum atomic E-state index is -0.418. The molecule has 0 aliphatic heterocycles. The van der Waals surface area contributed by atoms with Crippen molar-refractivity contribution in [3.05, 3.63) is 60.2 Å². The van der Waals surface area contributed by atoms with Crippen molar-refractivity contribution in [1.82, 2.24) is 15.0 Å².